The number of aryl methyl sites for hydroxylation is 1. The predicted molar refractivity (Wildman–Crippen MR) is 109 cm³/mol. The van der Waals surface area contributed by atoms with Crippen molar-refractivity contribution in [2.45, 2.75) is 33.2 Å². The molecule has 5 heteroatoms. The molecule has 28 heavy (non-hydrogen) atoms. The van der Waals surface area contributed by atoms with E-state index in [1.54, 1.807) is 0 Å². The molecule has 0 bridgehead atoms. The lowest BCUT2D eigenvalue weighted by atomic mass is 10.1. The number of amides is 1. The van der Waals surface area contributed by atoms with Crippen molar-refractivity contribution in [1.29, 1.82) is 0 Å². The van der Waals surface area contributed by atoms with E-state index in [2.05, 4.69) is 10.4 Å². The largest absolute Gasteiger partial charge is 0.493 e. The summed E-state index contributed by atoms with van der Waals surface area (Å²) in [6.07, 6.45) is 2.53. The molecule has 1 fully saturated rings. The Kier molecular flexibility index (Phi) is 5.15. The number of nitrogens with zero attached hydrogens (tertiary/aromatic N) is 2. The van der Waals surface area contributed by atoms with E-state index >= 15 is 0 Å². The van der Waals surface area contributed by atoms with Crippen LogP contribution in [0.25, 0.3) is 5.69 Å². The van der Waals surface area contributed by atoms with Gasteiger partial charge in [-0.15, -0.1) is 0 Å². The van der Waals surface area contributed by atoms with Crippen molar-refractivity contribution >= 4 is 5.91 Å². The molecule has 1 aliphatic rings. The average molecular weight is 375 g/mol. The third kappa shape index (κ3) is 4.09. The number of hydrogen-bond acceptors (Lipinski definition) is 3. The van der Waals surface area contributed by atoms with Crippen LogP contribution < -0.4 is 10.1 Å². The second kappa shape index (κ2) is 7.89. The van der Waals surface area contributed by atoms with E-state index in [0.717, 1.165) is 35.0 Å². The maximum absolute atomic E-state index is 12.5. The summed E-state index contributed by atoms with van der Waals surface area (Å²) in [7, 11) is 0. The van der Waals surface area contributed by atoms with Gasteiger partial charge in [-0.05, 0) is 69.0 Å². The molecule has 0 saturated heterocycles. The highest BCUT2D eigenvalue weighted by Crippen LogP contribution is 2.29. The summed E-state index contributed by atoms with van der Waals surface area (Å²) in [6.45, 7) is 5.22. The van der Waals surface area contributed by atoms with Crippen LogP contribution in [-0.4, -0.2) is 22.3 Å². The maximum atomic E-state index is 12.5. The monoisotopic (exact) mass is 375 g/mol. The van der Waals surface area contributed by atoms with Crippen molar-refractivity contribution in [1.82, 2.24) is 15.1 Å². The molecule has 2 aromatic carbocycles. The molecular formula is C23H25N3O2. The molecule has 1 amide bonds. The minimum Gasteiger partial charge on any atom is -0.493 e. The van der Waals surface area contributed by atoms with Crippen LogP contribution in [0.4, 0.5) is 0 Å². The van der Waals surface area contributed by atoms with Crippen molar-refractivity contribution in [3.63, 3.8) is 0 Å². The lowest BCUT2D eigenvalue weighted by Gasteiger charge is -2.08. The predicted octanol–water partition coefficient (Wildman–Crippen LogP) is 4.21. The van der Waals surface area contributed by atoms with E-state index in [1.165, 1.54) is 12.8 Å². The summed E-state index contributed by atoms with van der Waals surface area (Å²) < 4.78 is 7.65. The first-order chi connectivity index (χ1) is 13.6. The van der Waals surface area contributed by atoms with E-state index in [-0.39, 0.29) is 5.91 Å². The van der Waals surface area contributed by atoms with Gasteiger partial charge in [-0.2, -0.15) is 5.10 Å². The van der Waals surface area contributed by atoms with E-state index < -0.39 is 0 Å². The Labute approximate surface area is 165 Å². The molecule has 0 spiro atoms. The smallest absolute Gasteiger partial charge is 0.251 e. The van der Waals surface area contributed by atoms with Crippen LogP contribution in [0.5, 0.6) is 5.75 Å². The Morgan fingerprint density at radius 3 is 2.50 bits per heavy atom. The van der Waals surface area contributed by atoms with Crippen LogP contribution in [0.15, 0.2) is 54.6 Å². The summed E-state index contributed by atoms with van der Waals surface area (Å²) in [5.74, 6) is 1.44. The molecule has 0 atom stereocenters. The Hall–Kier alpha value is -3.08. The number of aromatic nitrogens is 2. The molecule has 3 aromatic rings. The Morgan fingerprint density at radius 1 is 1.11 bits per heavy atom. The first kappa shape index (κ1) is 18.3. The fraction of sp³-hybridized carbons (Fsp3) is 0.304. The lowest BCUT2D eigenvalue weighted by Crippen LogP contribution is -2.23. The number of benzene rings is 2. The third-order valence-electron chi connectivity index (χ3n) is 5.17. The standard InChI is InChI=1S/C23H25N3O2/c1-16-22(17(2)26(25-16)20-6-4-3-5-7-20)14-24-23(27)19-10-12-21(13-11-19)28-15-18-8-9-18/h3-7,10-13,18H,8-9,14-15H2,1-2H3,(H,24,27). The minimum atomic E-state index is -0.0972. The summed E-state index contributed by atoms with van der Waals surface area (Å²) >= 11 is 0. The maximum Gasteiger partial charge on any atom is 0.251 e. The van der Waals surface area contributed by atoms with Crippen LogP contribution in [0.2, 0.25) is 0 Å². The third-order valence-corrected chi connectivity index (χ3v) is 5.17. The fourth-order valence-corrected chi connectivity index (χ4v) is 3.22. The van der Waals surface area contributed by atoms with Gasteiger partial charge >= 0.3 is 0 Å². The van der Waals surface area contributed by atoms with Gasteiger partial charge in [0.25, 0.3) is 5.91 Å². The van der Waals surface area contributed by atoms with Gasteiger partial charge in [0.1, 0.15) is 5.75 Å². The second-order valence-electron chi connectivity index (χ2n) is 7.36. The molecule has 5 nitrogen and oxygen atoms in total. The summed E-state index contributed by atoms with van der Waals surface area (Å²) in [5.41, 5.74) is 4.65. The zero-order chi connectivity index (χ0) is 19.5. The fourth-order valence-electron chi connectivity index (χ4n) is 3.22. The highest BCUT2D eigenvalue weighted by molar-refractivity contribution is 5.94. The van der Waals surface area contributed by atoms with E-state index in [0.29, 0.717) is 18.0 Å². The number of hydrogen-bond donors (Lipinski definition) is 1. The van der Waals surface area contributed by atoms with Gasteiger partial charge in [-0.3, -0.25) is 4.79 Å². The van der Waals surface area contributed by atoms with E-state index in [1.807, 2.05) is 73.1 Å². The van der Waals surface area contributed by atoms with Gasteiger partial charge in [0.2, 0.25) is 0 Å². The van der Waals surface area contributed by atoms with Crippen molar-refractivity contribution in [3.05, 3.63) is 77.1 Å². The summed E-state index contributed by atoms with van der Waals surface area (Å²) in [5, 5.41) is 7.64. The van der Waals surface area contributed by atoms with Crippen LogP contribution in [0.3, 0.4) is 0 Å². The number of ether oxygens (including phenoxy) is 1. The van der Waals surface area contributed by atoms with Gasteiger partial charge < -0.3 is 10.1 Å². The molecule has 144 valence electrons. The molecule has 0 unspecified atom stereocenters. The molecule has 1 aliphatic carbocycles. The number of nitrogens with one attached hydrogen (secondary N) is 1. The van der Waals surface area contributed by atoms with Gasteiger partial charge in [-0.25, -0.2) is 4.68 Å². The van der Waals surface area contributed by atoms with Crippen LogP contribution in [-0.2, 0) is 6.54 Å². The number of rotatable bonds is 7. The lowest BCUT2D eigenvalue weighted by molar-refractivity contribution is 0.0951. The molecule has 0 aliphatic heterocycles. The molecular weight excluding hydrogens is 350 g/mol. The number of carbonyl (C=O) groups is 1. The van der Waals surface area contributed by atoms with Crippen molar-refractivity contribution in [2.75, 3.05) is 6.61 Å². The zero-order valence-electron chi connectivity index (χ0n) is 16.3. The van der Waals surface area contributed by atoms with Crippen molar-refractivity contribution < 1.29 is 9.53 Å². The molecule has 1 N–H and O–H groups in total. The van der Waals surface area contributed by atoms with E-state index in [9.17, 15) is 4.79 Å². The molecule has 4 rings (SSSR count). The van der Waals surface area contributed by atoms with Gasteiger partial charge in [0.05, 0.1) is 18.0 Å². The van der Waals surface area contributed by atoms with E-state index in [4.69, 9.17) is 4.74 Å². The molecule has 1 aromatic heterocycles. The highest BCUT2D eigenvalue weighted by Gasteiger charge is 2.22. The minimum absolute atomic E-state index is 0.0972. The highest BCUT2D eigenvalue weighted by atomic mass is 16.5. The number of carbonyl (C=O) groups excluding carboxylic acids is 1. The Bertz CT molecular complexity index is 958. The summed E-state index contributed by atoms with van der Waals surface area (Å²) in [4.78, 5) is 12.5. The normalized spacial score (nSPS) is 13.4. The first-order valence-corrected chi connectivity index (χ1v) is 9.73. The second-order valence-corrected chi connectivity index (χ2v) is 7.36. The van der Waals surface area contributed by atoms with Gasteiger partial charge in [0.15, 0.2) is 0 Å². The van der Waals surface area contributed by atoms with Crippen LogP contribution >= 0.6 is 0 Å². The molecule has 0 radical (unpaired) electrons. The molecule has 1 heterocycles. The first-order valence-electron chi connectivity index (χ1n) is 9.73. The van der Waals surface area contributed by atoms with Crippen molar-refractivity contribution in [3.8, 4) is 11.4 Å². The van der Waals surface area contributed by atoms with Crippen LogP contribution in [0, 0.1) is 19.8 Å². The molecule has 1 saturated carbocycles. The topological polar surface area (TPSA) is 56.2 Å². The van der Waals surface area contributed by atoms with Gasteiger partial charge in [-0.1, -0.05) is 18.2 Å². The Morgan fingerprint density at radius 2 is 1.82 bits per heavy atom. The van der Waals surface area contributed by atoms with Crippen molar-refractivity contribution in [2.24, 2.45) is 5.92 Å². The Balaban J connectivity index is 1.40. The number of para-hydroxylation sites is 1. The summed E-state index contributed by atoms with van der Waals surface area (Å²) in [6, 6.07) is 17.4. The van der Waals surface area contributed by atoms with Gasteiger partial charge in [0, 0.05) is 23.4 Å². The zero-order valence-corrected chi connectivity index (χ0v) is 16.3. The quantitative estimate of drug-likeness (QED) is 0.673. The van der Waals surface area contributed by atoms with Crippen LogP contribution in [0.1, 0.15) is 40.2 Å². The SMILES string of the molecule is Cc1nn(-c2ccccc2)c(C)c1CNC(=O)c1ccc(OCC2CC2)cc1. The average Bonchev–Trinajstić information content (AvgIpc) is 3.51.